The van der Waals surface area contributed by atoms with Crippen molar-refractivity contribution in [3.05, 3.63) is 53.0 Å². The SMILES string of the molecule is Cc1cc(C(=O)NCC(C)C)ccc1NC(=O)c1coc(CN)c1.Cl. The fourth-order valence-corrected chi connectivity index (χ4v) is 2.15. The molecule has 1 aromatic heterocycles. The van der Waals surface area contributed by atoms with Crippen molar-refractivity contribution in [2.75, 3.05) is 11.9 Å². The van der Waals surface area contributed by atoms with Crippen molar-refractivity contribution in [2.24, 2.45) is 11.7 Å². The van der Waals surface area contributed by atoms with E-state index in [0.717, 1.165) is 5.56 Å². The van der Waals surface area contributed by atoms with Gasteiger partial charge in [-0.1, -0.05) is 13.8 Å². The molecule has 2 aromatic rings. The molecule has 0 bridgehead atoms. The maximum atomic E-state index is 12.2. The van der Waals surface area contributed by atoms with Crippen LogP contribution in [0.3, 0.4) is 0 Å². The van der Waals surface area contributed by atoms with Crippen molar-refractivity contribution in [3.8, 4) is 0 Å². The monoisotopic (exact) mass is 365 g/mol. The summed E-state index contributed by atoms with van der Waals surface area (Å²) in [6, 6.07) is 6.78. The van der Waals surface area contributed by atoms with Crippen LogP contribution in [0.15, 0.2) is 34.9 Å². The van der Waals surface area contributed by atoms with Crippen LogP contribution < -0.4 is 16.4 Å². The van der Waals surface area contributed by atoms with Crippen LogP contribution in [0.25, 0.3) is 0 Å². The number of carbonyl (C=O) groups is 2. The largest absolute Gasteiger partial charge is 0.467 e. The van der Waals surface area contributed by atoms with Crippen molar-refractivity contribution >= 4 is 29.9 Å². The van der Waals surface area contributed by atoms with E-state index in [4.69, 9.17) is 10.2 Å². The predicted molar refractivity (Wildman–Crippen MR) is 100 cm³/mol. The first kappa shape index (κ1) is 20.7. The number of hydrogen-bond acceptors (Lipinski definition) is 4. The number of rotatable bonds is 6. The Morgan fingerprint density at radius 2 is 1.88 bits per heavy atom. The topological polar surface area (TPSA) is 97.4 Å². The first-order valence-corrected chi connectivity index (χ1v) is 7.88. The molecule has 0 aliphatic heterocycles. The van der Waals surface area contributed by atoms with E-state index in [1.54, 1.807) is 24.3 Å². The van der Waals surface area contributed by atoms with Gasteiger partial charge in [0.15, 0.2) is 0 Å². The van der Waals surface area contributed by atoms with Crippen molar-refractivity contribution < 1.29 is 14.0 Å². The van der Waals surface area contributed by atoms with Gasteiger partial charge in [-0.05, 0) is 42.7 Å². The number of carbonyl (C=O) groups excluding carboxylic acids is 2. The molecule has 6 nitrogen and oxygen atoms in total. The van der Waals surface area contributed by atoms with E-state index in [-0.39, 0.29) is 30.8 Å². The number of benzene rings is 1. The summed E-state index contributed by atoms with van der Waals surface area (Å²) in [4.78, 5) is 24.3. The molecule has 0 atom stereocenters. The van der Waals surface area contributed by atoms with E-state index in [1.165, 1.54) is 6.26 Å². The molecule has 25 heavy (non-hydrogen) atoms. The lowest BCUT2D eigenvalue weighted by molar-refractivity contribution is 0.0948. The summed E-state index contributed by atoms with van der Waals surface area (Å²) in [7, 11) is 0. The minimum Gasteiger partial charge on any atom is -0.467 e. The number of nitrogens with one attached hydrogen (secondary N) is 2. The number of furan rings is 1. The Labute approximate surface area is 153 Å². The van der Waals surface area contributed by atoms with Gasteiger partial charge < -0.3 is 20.8 Å². The Balaban J connectivity index is 0.00000312. The highest BCUT2D eigenvalue weighted by Crippen LogP contribution is 2.18. The first-order valence-electron chi connectivity index (χ1n) is 7.88. The lowest BCUT2D eigenvalue weighted by Crippen LogP contribution is -2.27. The second kappa shape index (κ2) is 9.25. The molecule has 0 unspecified atom stereocenters. The van der Waals surface area contributed by atoms with Crippen molar-refractivity contribution in [2.45, 2.75) is 27.3 Å². The molecular weight excluding hydrogens is 342 g/mol. The molecule has 4 N–H and O–H groups in total. The van der Waals surface area contributed by atoms with E-state index in [1.807, 2.05) is 20.8 Å². The maximum absolute atomic E-state index is 12.2. The predicted octanol–water partition coefficient (Wildman–Crippen LogP) is 3.11. The van der Waals surface area contributed by atoms with Gasteiger partial charge in [0.1, 0.15) is 12.0 Å². The van der Waals surface area contributed by atoms with Gasteiger partial charge in [-0.2, -0.15) is 0 Å². The van der Waals surface area contributed by atoms with Gasteiger partial charge in [-0.3, -0.25) is 9.59 Å². The zero-order valence-corrected chi connectivity index (χ0v) is 15.4. The van der Waals surface area contributed by atoms with Crippen molar-refractivity contribution in [1.29, 1.82) is 0 Å². The number of hydrogen-bond donors (Lipinski definition) is 3. The van der Waals surface area contributed by atoms with Crippen LogP contribution in [0.1, 0.15) is 45.9 Å². The molecule has 0 fully saturated rings. The number of halogens is 1. The first-order chi connectivity index (χ1) is 11.4. The third-order valence-electron chi connectivity index (χ3n) is 3.52. The number of amides is 2. The quantitative estimate of drug-likeness (QED) is 0.732. The lowest BCUT2D eigenvalue weighted by atomic mass is 10.1. The molecule has 0 aliphatic carbocycles. The van der Waals surface area contributed by atoms with Gasteiger partial charge in [0.05, 0.1) is 12.1 Å². The molecule has 136 valence electrons. The zero-order valence-electron chi connectivity index (χ0n) is 14.6. The molecule has 0 spiro atoms. The van der Waals surface area contributed by atoms with Crippen LogP contribution in [0.5, 0.6) is 0 Å². The lowest BCUT2D eigenvalue weighted by Gasteiger charge is -2.11. The second-order valence-corrected chi connectivity index (χ2v) is 6.09. The smallest absolute Gasteiger partial charge is 0.258 e. The van der Waals surface area contributed by atoms with Crippen LogP contribution in [-0.4, -0.2) is 18.4 Å². The summed E-state index contributed by atoms with van der Waals surface area (Å²) < 4.78 is 5.16. The highest BCUT2D eigenvalue weighted by Gasteiger charge is 2.13. The minimum absolute atomic E-state index is 0. The van der Waals surface area contributed by atoms with E-state index in [0.29, 0.717) is 35.0 Å². The van der Waals surface area contributed by atoms with Gasteiger partial charge in [0.25, 0.3) is 11.8 Å². The minimum atomic E-state index is -0.279. The summed E-state index contributed by atoms with van der Waals surface area (Å²) in [6.07, 6.45) is 1.38. The molecule has 1 aromatic carbocycles. The number of aryl methyl sites for hydroxylation is 1. The van der Waals surface area contributed by atoms with Gasteiger partial charge in [-0.15, -0.1) is 12.4 Å². The molecule has 0 saturated carbocycles. The average molecular weight is 366 g/mol. The molecule has 0 radical (unpaired) electrons. The Hall–Kier alpha value is -2.31. The van der Waals surface area contributed by atoms with E-state index in [9.17, 15) is 9.59 Å². The van der Waals surface area contributed by atoms with E-state index >= 15 is 0 Å². The average Bonchev–Trinajstić information content (AvgIpc) is 3.03. The Morgan fingerprint density at radius 1 is 1.16 bits per heavy atom. The van der Waals surface area contributed by atoms with Crippen LogP contribution in [-0.2, 0) is 6.54 Å². The molecule has 0 saturated heterocycles. The highest BCUT2D eigenvalue weighted by molar-refractivity contribution is 6.05. The van der Waals surface area contributed by atoms with Crippen LogP contribution in [0.4, 0.5) is 5.69 Å². The molecule has 7 heteroatoms. The molecule has 2 amide bonds. The van der Waals surface area contributed by atoms with Gasteiger partial charge >= 0.3 is 0 Å². The number of anilines is 1. The van der Waals surface area contributed by atoms with Gasteiger partial charge in [0, 0.05) is 17.8 Å². The van der Waals surface area contributed by atoms with Crippen molar-refractivity contribution in [1.82, 2.24) is 5.32 Å². The molecule has 2 rings (SSSR count). The third kappa shape index (κ3) is 5.62. The standard InChI is InChI=1S/C18H23N3O3.ClH/c1-11(2)9-20-17(22)13-4-5-16(12(3)6-13)21-18(23)14-7-15(8-19)24-10-14;/h4-7,10-11H,8-9,19H2,1-3H3,(H,20,22)(H,21,23);1H. The van der Waals surface area contributed by atoms with E-state index in [2.05, 4.69) is 10.6 Å². The Morgan fingerprint density at radius 3 is 2.44 bits per heavy atom. The van der Waals surface area contributed by atoms with E-state index < -0.39 is 0 Å². The van der Waals surface area contributed by atoms with Crippen LogP contribution in [0, 0.1) is 12.8 Å². The zero-order chi connectivity index (χ0) is 17.7. The summed E-state index contributed by atoms with van der Waals surface area (Å²) in [6.45, 7) is 6.79. The second-order valence-electron chi connectivity index (χ2n) is 6.09. The summed E-state index contributed by atoms with van der Waals surface area (Å²) in [5.41, 5.74) is 7.90. The summed E-state index contributed by atoms with van der Waals surface area (Å²) in [5, 5.41) is 5.68. The Kier molecular flexibility index (Phi) is 7.67. The molecule has 1 heterocycles. The molecule has 0 aliphatic rings. The van der Waals surface area contributed by atoms with Gasteiger partial charge in [-0.25, -0.2) is 0 Å². The summed E-state index contributed by atoms with van der Waals surface area (Å²) >= 11 is 0. The van der Waals surface area contributed by atoms with Crippen LogP contribution in [0.2, 0.25) is 0 Å². The normalized spacial score (nSPS) is 10.3. The van der Waals surface area contributed by atoms with Crippen LogP contribution >= 0.6 is 12.4 Å². The Bertz CT molecular complexity index is 741. The fraction of sp³-hybridized carbons (Fsp3) is 0.333. The maximum Gasteiger partial charge on any atom is 0.258 e. The summed E-state index contributed by atoms with van der Waals surface area (Å²) in [5.74, 6) is 0.543. The van der Waals surface area contributed by atoms with Crippen molar-refractivity contribution in [3.63, 3.8) is 0 Å². The fourth-order valence-electron chi connectivity index (χ4n) is 2.15. The third-order valence-corrected chi connectivity index (χ3v) is 3.52. The molecular formula is C18H24ClN3O3. The van der Waals surface area contributed by atoms with Gasteiger partial charge in [0.2, 0.25) is 0 Å². The number of nitrogens with two attached hydrogens (primary N) is 1. The highest BCUT2D eigenvalue weighted by atomic mass is 35.5.